The summed E-state index contributed by atoms with van der Waals surface area (Å²) in [6, 6.07) is 12.2. The maximum absolute atomic E-state index is 13.6. The number of allylic oxidation sites excluding steroid dienone is 2. The van der Waals surface area contributed by atoms with Gasteiger partial charge in [0.25, 0.3) is 12.2 Å². The molecule has 0 aliphatic heterocycles. The number of phenolic OH excluding ortho intramolecular Hbond substituents is 1. The molecular weight excluding hydrogens is 600 g/mol. The van der Waals surface area contributed by atoms with E-state index in [1.165, 1.54) is 22.3 Å². The van der Waals surface area contributed by atoms with E-state index in [0.717, 1.165) is 82.8 Å². The molecule has 2 nitrogen and oxygen atoms in total. The molecule has 0 unspecified atom stereocenters. The summed E-state index contributed by atoms with van der Waals surface area (Å²) in [7, 11) is 1.71. The van der Waals surface area contributed by atoms with E-state index in [0.29, 0.717) is 65.2 Å². The summed E-state index contributed by atoms with van der Waals surface area (Å²) < 4.78 is 59.5. The Morgan fingerprint density at radius 1 is 0.681 bits per heavy atom. The van der Waals surface area contributed by atoms with Crippen molar-refractivity contribution in [2.75, 3.05) is 7.11 Å². The van der Waals surface area contributed by atoms with Gasteiger partial charge in [-0.15, -0.1) is 0 Å². The van der Waals surface area contributed by atoms with Crippen LogP contribution in [-0.4, -0.2) is 12.2 Å². The maximum atomic E-state index is 13.6. The molecule has 0 saturated heterocycles. The number of hydrogen-bond acceptors (Lipinski definition) is 2. The molecule has 6 heteroatoms. The van der Waals surface area contributed by atoms with E-state index in [2.05, 4.69) is 38.1 Å². The first-order chi connectivity index (χ1) is 22.7. The lowest BCUT2D eigenvalue weighted by molar-refractivity contribution is 0.0609. The van der Waals surface area contributed by atoms with Gasteiger partial charge in [-0.25, -0.2) is 0 Å². The summed E-state index contributed by atoms with van der Waals surface area (Å²) in [5, 5.41) is 9.72. The average Bonchev–Trinajstić information content (AvgIpc) is 3.68. The van der Waals surface area contributed by atoms with Crippen LogP contribution in [0.15, 0.2) is 59.7 Å². The molecule has 1 N–H and O–H groups in total. The highest BCUT2D eigenvalue weighted by Gasteiger charge is 2.56. The first-order valence-electron chi connectivity index (χ1n) is 18.2. The van der Waals surface area contributed by atoms with E-state index in [1.54, 1.807) is 13.2 Å². The molecule has 0 heterocycles. The Balaban J connectivity index is 0.000000150. The normalized spacial score (nSPS) is 34.9. The van der Waals surface area contributed by atoms with Crippen LogP contribution in [-0.2, 0) is 12.8 Å². The van der Waals surface area contributed by atoms with Gasteiger partial charge >= 0.3 is 0 Å². The van der Waals surface area contributed by atoms with Crippen LogP contribution in [0.25, 0.3) is 0 Å². The Bertz CT molecular complexity index is 1570. The van der Waals surface area contributed by atoms with Gasteiger partial charge in [0.15, 0.2) is 0 Å². The molecule has 0 bridgehead atoms. The van der Waals surface area contributed by atoms with Crippen molar-refractivity contribution >= 4 is 0 Å². The fraction of sp³-hybridized carbons (Fsp3) is 0.610. The van der Waals surface area contributed by atoms with E-state index in [9.17, 15) is 22.7 Å². The van der Waals surface area contributed by atoms with Gasteiger partial charge in [0, 0.05) is 11.1 Å². The van der Waals surface area contributed by atoms with Crippen LogP contribution in [0.3, 0.4) is 0 Å². The van der Waals surface area contributed by atoms with Gasteiger partial charge in [0.1, 0.15) is 11.5 Å². The van der Waals surface area contributed by atoms with Crippen molar-refractivity contribution in [3.8, 4) is 11.5 Å². The number of rotatable bonds is 3. The zero-order valence-electron chi connectivity index (χ0n) is 28.2. The van der Waals surface area contributed by atoms with Crippen LogP contribution in [0.2, 0.25) is 0 Å². The molecule has 0 spiro atoms. The Hall–Kier alpha value is -2.76. The molecule has 0 radical (unpaired) electrons. The standard InChI is InChI=1S/C21H26F2O.C20H24F2O/c1-3-21-11-10-16-15-7-5-14(24-2)12-13(15)4-6-17(16)18(21)8-9-19(21)20(22)23;1-2-20-10-9-15-14-6-4-13(23)11-12(14)3-5-16(15)17(20)7-8-18(20)19(21)22/h5,7,12,16-18H,3-4,6,8-11H2,1-2H3;4,6,11,15-17,23H,2-3,5,7-10H2,1H3/t16-,17-,18+,21+;15-,16-,17+,20+/m11/s1. The van der Waals surface area contributed by atoms with Crippen LogP contribution < -0.4 is 4.74 Å². The highest BCUT2D eigenvalue weighted by molar-refractivity contribution is 5.42. The van der Waals surface area contributed by atoms with E-state index in [-0.39, 0.29) is 10.8 Å². The predicted molar refractivity (Wildman–Crippen MR) is 178 cm³/mol. The minimum Gasteiger partial charge on any atom is -0.508 e. The first-order valence-corrected chi connectivity index (χ1v) is 18.2. The second kappa shape index (κ2) is 12.6. The van der Waals surface area contributed by atoms with Gasteiger partial charge in [0.2, 0.25) is 0 Å². The summed E-state index contributed by atoms with van der Waals surface area (Å²) >= 11 is 0. The fourth-order valence-corrected chi connectivity index (χ4v) is 12.4. The number of methoxy groups -OCH3 is 1. The van der Waals surface area contributed by atoms with E-state index in [1.807, 2.05) is 6.07 Å². The van der Waals surface area contributed by atoms with Crippen LogP contribution in [0.4, 0.5) is 17.6 Å². The second-order valence-electron chi connectivity index (χ2n) is 15.4. The molecule has 254 valence electrons. The van der Waals surface area contributed by atoms with Gasteiger partial charge in [-0.3, -0.25) is 0 Å². The maximum Gasteiger partial charge on any atom is 0.270 e. The van der Waals surface area contributed by atoms with Crippen molar-refractivity contribution in [1.29, 1.82) is 0 Å². The molecular formula is C41H50F4O2. The number of benzene rings is 2. The molecule has 0 aromatic heterocycles. The average molecular weight is 651 g/mol. The number of hydrogen-bond donors (Lipinski definition) is 1. The third-order valence-corrected chi connectivity index (χ3v) is 14.4. The lowest BCUT2D eigenvalue weighted by Gasteiger charge is -2.50. The van der Waals surface area contributed by atoms with E-state index in [4.69, 9.17) is 4.74 Å². The molecule has 6 aliphatic rings. The highest BCUT2D eigenvalue weighted by atomic mass is 19.3. The number of aryl methyl sites for hydroxylation is 2. The molecule has 2 aromatic rings. The zero-order chi connectivity index (χ0) is 33.1. The topological polar surface area (TPSA) is 29.5 Å². The molecule has 6 aliphatic carbocycles. The monoisotopic (exact) mass is 650 g/mol. The second-order valence-corrected chi connectivity index (χ2v) is 15.4. The van der Waals surface area contributed by atoms with Crippen LogP contribution in [0.1, 0.15) is 125 Å². The van der Waals surface area contributed by atoms with Crippen molar-refractivity contribution in [3.05, 3.63) is 82.0 Å². The van der Waals surface area contributed by atoms with Crippen molar-refractivity contribution < 1.29 is 27.4 Å². The third-order valence-electron chi connectivity index (χ3n) is 14.4. The highest BCUT2D eigenvalue weighted by Crippen LogP contribution is 2.66. The fourth-order valence-electron chi connectivity index (χ4n) is 12.4. The minimum atomic E-state index is -1.41. The molecule has 2 aromatic carbocycles. The van der Waals surface area contributed by atoms with E-state index >= 15 is 0 Å². The quantitative estimate of drug-likeness (QED) is 0.335. The Labute approximate surface area is 277 Å². The summed E-state index contributed by atoms with van der Waals surface area (Å²) in [6.45, 7) is 4.21. The molecule has 4 fully saturated rings. The Morgan fingerprint density at radius 3 is 1.64 bits per heavy atom. The Kier molecular flexibility index (Phi) is 8.79. The molecule has 47 heavy (non-hydrogen) atoms. The lowest BCUT2D eigenvalue weighted by atomic mass is 9.54. The summed E-state index contributed by atoms with van der Waals surface area (Å²) in [5.74, 6) is 4.24. The van der Waals surface area contributed by atoms with Gasteiger partial charge < -0.3 is 9.84 Å². The number of aromatic hydroxyl groups is 1. The molecule has 8 rings (SSSR count). The molecule has 8 atom stereocenters. The van der Waals surface area contributed by atoms with Crippen molar-refractivity contribution in [2.24, 2.45) is 34.5 Å². The van der Waals surface area contributed by atoms with Gasteiger partial charge in [-0.1, -0.05) is 26.0 Å². The summed E-state index contributed by atoms with van der Waals surface area (Å²) in [4.78, 5) is 0. The van der Waals surface area contributed by atoms with E-state index < -0.39 is 12.2 Å². The largest absolute Gasteiger partial charge is 0.508 e. The minimum absolute atomic E-state index is 0.218. The number of phenols is 1. The lowest BCUT2D eigenvalue weighted by Crippen LogP contribution is -2.41. The summed E-state index contributed by atoms with van der Waals surface area (Å²) in [5.41, 5.74) is 6.00. The van der Waals surface area contributed by atoms with Gasteiger partial charge in [0.05, 0.1) is 7.11 Å². The van der Waals surface area contributed by atoms with Crippen LogP contribution in [0, 0.1) is 34.5 Å². The third kappa shape index (κ3) is 5.17. The number of fused-ring (bicyclic) bond motifs is 10. The van der Waals surface area contributed by atoms with Crippen LogP contribution in [0.5, 0.6) is 11.5 Å². The van der Waals surface area contributed by atoms with Crippen molar-refractivity contribution in [2.45, 2.75) is 116 Å². The zero-order valence-corrected chi connectivity index (χ0v) is 28.2. The van der Waals surface area contributed by atoms with Crippen molar-refractivity contribution in [3.63, 3.8) is 0 Å². The molecule has 0 amide bonds. The number of ether oxygens (including phenoxy) is 1. The number of halogens is 4. The van der Waals surface area contributed by atoms with Gasteiger partial charge in [-0.2, -0.15) is 17.6 Å². The Morgan fingerprint density at radius 2 is 1.17 bits per heavy atom. The first kappa shape index (κ1) is 32.8. The predicted octanol–water partition coefficient (Wildman–Crippen LogP) is 11.9. The van der Waals surface area contributed by atoms with Gasteiger partial charge in [-0.05, 0) is 183 Å². The smallest absolute Gasteiger partial charge is 0.270 e. The van der Waals surface area contributed by atoms with Crippen molar-refractivity contribution in [1.82, 2.24) is 0 Å². The van der Waals surface area contributed by atoms with Crippen LogP contribution >= 0.6 is 0 Å². The molecule has 4 saturated carbocycles. The summed E-state index contributed by atoms with van der Waals surface area (Å²) in [6.07, 6.45) is 10.1. The SMILES string of the molecule is CC[C@]12CC[C@@H]3c4ccc(O)cc4CC[C@H]3[C@@H]1CCC2=C(F)F.CC[C@]12CC[C@@H]3c4ccc(OC)cc4CC[C@H]3[C@@H]1CCC2=C(F)F.